The van der Waals surface area contributed by atoms with E-state index in [1.807, 2.05) is 17.1 Å². The van der Waals surface area contributed by atoms with Gasteiger partial charge in [-0.2, -0.15) is 0 Å². The molecule has 0 bridgehead atoms. The van der Waals surface area contributed by atoms with Crippen LogP contribution in [-0.2, 0) is 6.42 Å². The van der Waals surface area contributed by atoms with Gasteiger partial charge >= 0.3 is 0 Å². The van der Waals surface area contributed by atoms with E-state index in [1.165, 1.54) is 5.56 Å². The lowest BCUT2D eigenvalue weighted by atomic mass is 10.1. The molecule has 13 heavy (non-hydrogen) atoms. The molecule has 0 atom stereocenters. The van der Waals surface area contributed by atoms with Gasteiger partial charge in [-0.1, -0.05) is 64.5 Å². The van der Waals surface area contributed by atoms with Crippen LogP contribution in [0.4, 0.5) is 0 Å². The van der Waals surface area contributed by atoms with Crippen molar-refractivity contribution >= 4 is 15.9 Å². The van der Waals surface area contributed by atoms with Crippen molar-refractivity contribution in [1.82, 2.24) is 0 Å². The highest BCUT2D eigenvalue weighted by molar-refractivity contribution is 9.11. The molecule has 0 spiro atoms. The van der Waals surface area contributed by atoms with Gasteiger partial charge in [0.15, 0.2) is 0 Å². The minimum atomic E-state index is 1.10. The Hall–Kier alpha value is -0.820. The molecular weight excluding hydrogens is 224 g/mol. The standard InChI is InChI=1S/C12H13Br/c13-11-7-2-1-4-8-12-9-5-3-6-10-12/h1-3,5-7,9-11H,4,8H2/b2-1+,11-7+. The van der Waals surface area contributed by atoms with Crippen molar-refractivity contribution in [3.8, 4) is 0 Å². The van der Waals surface area contributed by atoms with E-state index in [0.717, 1.165) is 12.8 Å². The summed E-state index contributed by atoms with van der Waals surface area (Å²) < 4.78 is 0. The van der Waals surface area contributed by atoms with Crippen LogP contribution in [-0.4, -0.2) is 0 Å². The molecule has 1 rings (SSSR count). The summed E-state index contributed by atoms with van der Waals surface area (Å²) in [6.45, 7) is 0. The second kappa shape index (κ2) is 6.67. The van der Waals surface area contributed by atoms with Crippen LogP contribution in [0.25, 0.3) is 0 Å². The number of aryl methyl sites for hydroxylation is 1. The third-order valence-corrected chi connectivity index (χ3v) is 2.07. The predicted molar refractivity (Wildman–Crippen MR) is 62.0 cm³/mol. The first-order chi connectivity index (χ1) is 6.43. The number of halogens is 1. The molecule has 0 aromatic heterocycles. The Morgan fingerprint density at radius 2 is 1.85 bits per heavy atom. The van der Waals surface area contributed by atoms with Crippen molar-refractivity contribution in [3.05, 3.63) is 59.1 Å². The number of allylic oxidation sites excluding steroid dienone is 3. The number of rotatable bonds is 4. The lowest BCUT2D eigenvalue weighted by Gasteiger charge is -1.95. The average molecular weight is 237 g/mol. The van der Waals surface area contributed by atoms with Gasteiger partial charge in [-0.05, 0) is 23.4 Å². The Kier molecular flexibility index (Phi) is 5.27. The molecular formula is C12H13Br. The van der Waals surface area contributed by atoms with Crippen LogP contribution < -0.4 is 0 Å². The van der Waals surface area contributed by atoms with E-state index in [2.05, 4.69) is 52.3 Å². The van der Waals surface area contributed by atoms with Gasteiger partial charge in [0.1, 0.15) is 0 Å². The maximum atomic E-state index is 3.21. The Morgan fingerprint density at radius 1 is 1.08 bits per heavy atom. The molecule has 0 aliphatic rings. The zero-order valence-electron chi connectivity index (χ0n) is 7.49. The topological polar surface area (TPSA) is 0 Å². The summed E-state index contributed by atoms with van der Waals surface area (Å²) in [5.41, 5.74) is 1.40. The van der Waals surface area contributed by atoms with E-state index in [1.54, 1.807) is 0 Å². The largest absolute Gasteiger partial charge is 0.0842 e. The van der Waals surface area contributed by atoms with Crippen LogP contribution in [0.5, 0.6) is 0 Å². The summed E-state index contributed by atoms with van der Waals surface area (Å²) in [7, 11) is 0. The van der Waals surface area contributed by atoms with Crippen molar-refractivity contribution in [1.29, 1.82) is 0 Å². The Morgan fingerprint density at radius 3 is 2.54 bits per heavy atom. The van der Waals surface area contributed by atoms with Crippen LogP contribution in [0.15, 0.2) is 53.5 Å². The molecule has 0 N–H and O–H groups in total. The predicted octanol–water partition coefficient (Wildman–Crippen LogP) is 4.08. The fourth-order valence-corrected chi connectivity index (χ4v) is 1.29. The van der Waals surface area contributed by atoms with E-state index in [0.29, 0.717) is 0 Å². The molecule has 0 fully saturated rings. The molecule has 0 unspecified atom stereocenters. The molecule has 0 radical (unpaired) electrons. The molecule has 0 aliphatic carbocycles. The van der Waals surface area contributed by atoms with Crippen LogP contribution in [0.1, 0.15) is 12.0 Å². The van der Waals surface area contributed by atoms with E-state index in [9.17, 15) is 0 Å². The fourth-order valence-electron chi connectivity index (χ4n) is 1.11. The van der Waals surface area contributed by atoms with Gasteiger partial charge < -0.3 is 0 Å². The smallest absolute Gasteiger partial charge is 0.0189 e. The third kappa shape index (κ3) is 4.69. The molecule has 0 amide bonds. The highest BCUT2D eigenvalue weighted by atomic mass is 79.9. The maximum Gasteiger partial charge on any atom is -0.0189 e. The Bertz CT molecular complexity index is 272. The number of hydrogen-bond acceptors (Lipinski definition) is 0. The van der Waals surface area contributed by atoms with E-state index in [-0.39, 0.29) is 0 Å². The first-order valence-electron chi connectivity index (χ1n) is 4.39. The van der Waals surface area contributed by atoms with E-state index < -0.39 is 0 Å². The zero-order chi connectivity index (χ0) is 9.36. The minimum absolute atomic E-state index is 1.10. The summed E-state index contributed by atoms with van der Waals surface area (Å²) in [5, 5.41) is 0. The van der Waals surface area contributed by atoms with Gasteiger partial charge in [0.05, 0.1) is 0 Å². The fraction of sp³-hybridized carbons (Fsp3) is 0.167. The van der Waals surface area contributed by atoms with Crippen molar-refractivity contribution in [2.45, 2.75) is 12.8 Å². The monoisotopic (exact) mass is 236 g/mol. The highest BCUT2D eigenvalue weighted by Gasteiger charge is 1.86. The van der Waals surface area contributed by atoms with Gasteiger partial charge in [0.2, 0.25) is 0 Å². The van der Waals surface area contributed by atoms with Crippen LogP contribution in [0.3, 0.4) is 0 Å². The van der Waals surface area contributed by atoms with Gasteiger partial charge in [-0.3, -0.25) is 0 Å². The second-order valence-corrected chi connectivity index (χ2v) is 3.30. The average Bonchev–Trinajstić information content (AvgIpc) is 2.19. The van der Waals surface area contributed by atoms with Gasteiger partial charge in [-0.25, -0.2) is 0 Å². The third-order valence-electron chi connectivity index (χ3n) is 1.76. The lowest BCUT2D eigenvalue weighted by molar-refractivity contribution is 1.00. The lowest BCUT2D eigenvalue weighted by Crippen LogP contribution is -1.80. The first kappa shape index (κ1) is 10.3. The van der Waals surface area contributed by atoms with Crippen LogP contribution in [0.2, 0.25) is 0 Å². The van der Waals surface area contributed by atoms with E-state index >= 15 is 0 Å². The van der Waals surface area contributed by atoms with Gasteiger partial charge in [0, 0.05) is 0 Å². The zero-order valence-corrected chi connectivity index (χ0v) is 9.07. The van der Waals surface area contributed by atoms with Gasteiger partial charge in [-0.15, -0.1) is 0 Å². The highest BCUT2D eigenvalue weighted by Crippen LogP contribution is 2.02. The molecule has 0 nitrogen and oxygen atoms in total. The second-order valence-electron chi connectivity index (χ2n) is 2.77. The number of hydrogen-bond donors (Lipinski definition) is 0. The molecule has 0 saturated heterocycles. The Balaban J connectivity index is 2.28. The first-order valence-corrected chi connectivity index (χ1v) is 5.31. The molecule has 1 heteroatoms. The van der Waals surface area contributed by atoms with Crippen molar-refractivity contribution < 1.29 is 0 Å². The summed E-state index contributed by atoms with van der Waals surface area (Å²) in [5.74, 6) is 0. The Labute approximate surface area is 88.1 Å². The molecule has 0 aliphatic heterocycles. The summed E-state index contributed by atoms with van der Waals surface area (Å²) in [6.07, 6.45) is 8.42. The summed E-state index contributed by atoms with van der Waals surface area (Å²) in [6, 6.07) is 10.5. The molecule has 68 valence electrons. The van der Waals surface area contributed by atoms with Crippen molar-refractivity contribution in [2.75, 3.05) is 0 Å². The van der Waals surface area contributed by atoms with E-state index in [4.69, 9.17) is 0 Å². The van der Waals surface area contributed by atoms with Crippen LogP contribution in [0, 0.1) is 0 Å². The van der Waals surface area contributed by atoms with Crippen molar-refractivity contribution in [3.63, 3.8) is 0 Å². The summed E-state index contributed by atoms with van der Waals surface area (Å²) >= 11 is 3.21. The van der Waals surface area contributed by atoms with Crippen LogP contribution >= 0.6 is 15.9 Å². The minimum Gasteiger partial charge on any atom is -0.0842 e. The SMILES string of the molecule is Br/C=C/C=C/CCc1ccccc1. The van der Waals surface area contributed by atoms with Crippen molar-refractivity contribution in [2.24, 2.45) is 0 Å². The quantitative estimate of drug-likeness (QED) is 0.692. The molecule has 1 aromatic rings. The molecule has 1 aromatic carbocycles. The van der Waals surface area contributed by atoms with Gasteiger partial charge in [0.25, 0.3) is 0 Å². The molecule has 0 heterocycles. The maximum absolute atomic E-state index is 3.21. The normalized spacial score (nSPS) is 11.5. The summed E-state index contributed by atoms with van der Waals surface area (Å²) in [4.78, 5) is 1.85. The molecule has 0 saturated carbocycles. The number of benzene rings is 1.